The molecule has 3 aromatic rings. The quantitative estimate of drug-likeness (QED) is 0.676. The number of nitrogens with one attached hydrogen (secondary N) is 1. The van der Waals surface area contributed by atoms with Crippen LogP contribution in [0, 0.1) is 12.3 Å². The van der Waals surface area contributed by atoms with E-state index in [2.05, 4.69) is 40.3 Å². The molecule has 130 valence electrons. The molecular formula is C21H19ClN4. The topological polar surface area (TPSA) is 50.7 Å². The fourth-order valence-corrected chi connectivity index (χ4v) is 3.05. The number of aromatic nitrogens is 3. The Kier molecular flexibility index (Phi) is 5.20. The van der Waals surface area contributed by atoms with Gasteiger partial charge >= 0.3 is 0 Å². The third-order valence-electron chi connectivity index (χ3n) is 4.18. The molecule has 0 fully saturated rings. The molecule has 26 heavy (non-hydrogen) atoms. The van der Waals surface area contributed by atoms with Crippen molar-refractivity contribution in [1.29, 1.82) is 0 Å². The van der Waals surface area contributed by atoms with Gasteiger partial charge in [0, 0.05) is 40.5 Å². The average molecular weight is 363 g/mol. The van der Waals surface area contributed by atoms with Gasteiger partial charge in [0.05, 0.1) is 5.69 Å². The van der Waals surface area contributed by atoms with Gasteiger partial charge in [0.2, 0.25) is 0 Å². The number of rotatable bonds is 5. The van der Waals surface area contributed by atoms with E-state index in [1.165, 1.54) is 0 Å². The van der Waals surface area contributed by atoms with Crippen LogP contribution in [0.3, 0.4) is 0 Å². The van der Waals surface area contributed by atoms with Gasteiger partial charge in [-0.25, -0.2) is 0 Å². The first-order valence-corrected chi connectivity index (χ1v) is 8.62. The van der Waals surface area contributed by atoms with Gasteiger partial charge in [-0.3, -0.25) is 4.98 Å². The van der Waals surface area contributed by atoms with Crippen molar-refractivity contribution in [1.82, 2.24) is 15.2 Å². The lowest BCUT2D eigenvalue weighted by Crippen LogP contribution is -2.28. The highest BCUT2D eigenvalue weighted by Crippen LogP contribution is 2.29. The van der Waals surface area contributed by atoms with Gasteiger partial charge in [0.25, 0.3) is 0 Å². The van der Waals surface area contributed by atoms with Crippen LogP contribution in [-0.2, 0) is 5.41 Å². The van der Waals surface area contributed by atoms with E-state index >= 15 is 0 Å². The van der Waals surface area contributed by atoms with E-state index in [0.29, 0.717) is 17.9 Å². The van der Waals surface area contributed by atoms with Crippen molar-refractivity contribution in [3.05, 3.63) is 71.0 Å². The van der Waals surface area contributed by atoms with Crippen LogP contribution in [0.2, 0.25) is 5.02 Å². The number of terminal acetylenes is 1. The number of benzene rings is 1. The van der Waals surface area contributed by atoms with E-state index < -0.39 is 0 Å². The Bertz CT molecular complexity index is 943. The molecular weight excluding hydrogens is 344 g/mol. The van der Waals surface area contributed by atoms with Crippen molar-refractivity contribution in [2.45, 2.75) is 19.3 Å². The van der Waals surface area contributed by atoms with Crippen molar-refractivity contribution in [3.8, 4) is 23.6 Å². The number of hydrogen-bond acceptors (Lipinski definition) is 4. The highest BCUT2D eigenvalue weighted by Gasteiger charge is 2.23. The first-order chi connectivity index (χ1) is 12.5. The van der Waals surface area contributed by atoms with Gasteiger partial charge in [-0.2, -0.15) is 0 Å². The smallest absolute Gasteiger partial charge is 0.148 e. The molecule has 4 nitrogen and oxygen atoms in total. The average Bonchev–Trinajstić information content (AvgIpc) is 2.67. The van der Waals surface area contributed by atoms with Crippen LogP contribution >= 0.6 is 11.6 Å². The molecule has 0 aliphatic carbocycles. The zero-order chi connectivity index (χ0) is 18.6. The van der Waals surface area contributed by atoms with Crippen LogP contribution in [0.5, 0.6) is 0 Å². The third kappa shape index (κ3) is 4.01. The molecule has 0 radical (unpaired) electrons. The van der Waals surface area contributed by atoms with Crippen molar-refractivity contribution >= 4 is 17.4 Å². The number of pyridine rings is 1. The largest absolute Gasteiger partial charge is 0.368 e. The van der Waals surface area contributed by atoms with Crippen molar-refractivity contribution in [2.75, 3.05) is 11.9 Å². The summed E-state index contributed by atoms with van der Waals surface area (Å²) in [5.41, 5.74) is 3.23. The third-order valence-corrected chi connectivity index (χ3v) is 4.51. The van der Waals surface area contributed by atoms with Crippen molar-refractivity contribution in [3.63, 3.8) is 0 Å². The van der Waals surface area contributed by atoms with Crippen molar-refractivity contribution in [2.24, 2.45) is 0 Å². The number of anilines is 1. The van der Waals surface area contributed by atoms with E-state index in [1.54, 1.807) is 12.4 Å². The fourth-order valence-electron chi connectivity index (χ4n) is 2.66. The maximum Gasteiger partial charge on any atom is 0.148 e. The van der Waals surface area contributed by atoms with Gasteiger partial charge in [-0.15, -0.1) is 16.6 Å². The van der Waals surface area contributed by atoms with Gasteiger partial charge < -0.3 is 5.32 Å². The van der Waals surface area contributed by atoms with Crippen LogP contribution in [0.1, 0.15) is 25.0 Å². The standard InChI is InChI=1S/C21H19ClN4/c1-4-15-11-16(13-23-12-15)19-9-10-20(26-25-19)24-14-21(2,3)17-7-5-6-8-18(17)22/h1,5-13H,14H2,2-3H3,(H,24,26). The summed E-state index contributed by atoms with van der Waals surface area (Å²) in [6, 6.07) is 13.5. The summed E-state index contributed by atoms with van der Waals surface area (Å²) in [6.07, 6.45) is 8.78. The summed E-state index contributed by atoms with van der Waals surface area (Å²) >= 11 is 6.33. The Hall–Kier alpha value is -2.90. The highest BCUT2D eigenvalue weighted by molar-refractivity contribution is 6.31. The second-order valence-electron chi connectivity index (χ2n) is 6.63. The summed E-state index contributed by atoms with van der Waals surface area (Å²) in [7, 11) is 0. The molecule has 3 rings (SSSR count). The molecule has 0 atom stereocenters. The summed E-state index contributed by atoms with van der Waals surface area (Å²) < 4.78 is 0. The van der Waals surface area contributed by atoms with Crippen LogP contribution in [0.15, 0.2) is 54.9 Å². The summed E-state index contributed by atoms with van der Waals surface area (Å²) in [5.74, 6) is 3.28. The molecule has 0 unspecified atom stereocenters. The molecule has 0 aliphatic rings. The van der Waals surface area contributed by atoms with E-state index in [0.717, 1.165) is 21.8 Å². The number of hydrogen-bond donors (Lipinski definition) is 1. The Morgan fingerprint density at radius 1 is 1.12 bits per heavy atom. The lowest BCUT2D eigenvalue weighted by Gasteiger charge is -2.26. The Morgan fingerprint density at radius 2 is 1.92 bits per heavy atom. The first-order valence-electron chi connectivity index (χ1n) is 8.24. The lowest BCUT2D eigenvalue weighted by molar-refractivity contribution is 0.556. The summed E-state index contributed by atoms with van der Waals surface area (Å²) in [4.78, 5) is 4.13. The zero-order valence-electron chi connectivity index (χ0n) is 14.7. The lowest BCUT2D eigenvalue weighted by atomic mass is 9.84. The second-order valence-corrected chi connectivity index (χ2v) is 7.03. The number of nitrogens with zero attached hydrogens (tertiary/aromatic N) is 3. The Balaban J connectivity index is 1.72. The molecule has 0 aliphatic heterocycles. The maximum absolute atomic E-state index is 6.33. The number of halogens is 1. The Morgan fingerprint density at radius 3 is 2.62 bits per heavy atom. The molecule has 0 saturated heterocycles. The summed E-state index contributed by atoms with van der Waals surface area (Å²) in [6.45, 7) is 4.96. The highest BCUT2D eigenvalue weighted by atomic mass is 35.5. The van der Waals surface area contributed by atoms with E-state index in [4.69, 9.17) is 18.0 Å². The molecule has 1 aromatic carbocycles. The van der Waals surface area contributed by atoms with Gasteiger partial charge in [-0.05, 0) is 29.8 Å². The molecule has 5 heteroatoms. The SMILES string of the molecule is C#Cc1cncc(-c2ccc(NCC(C)(C)c3ccccc3Cl)nn2)c1. The van der Waals surface area contributed by atoms with E-state index in [-0.39, 0.29) is 5.41 Å². The van der Waals surface area contributed by atoms with Crippen molar-refractivity contribution < 1.29 is 0 Å². The van der Waals surface area contributed by atoms with Crippen LogP contribution in [-0.4, -0.2) is 21.7 Å². The Labute approximate surface area is 158 Å². The molecule has 1 N–H and O–H groups in total. The van der Waals surface area contributed by atoms with Gasteiger partial charge in [0.1, 0.15) is 5.82 Å². The summed E-state index contributed by atoms with van der Waals surface area (Å²) in [5, 5.41) is 12.6. The first kappa shape index (κ1) is 17.9. The molecule has 0 spiro atoms. The van der Waals surface area contributed by atoms with Crippen LogP contribution < -0.4 is 5.32 Å². The van der Waals surface area contributed by atoms with E-state index in [1.807, 2.05) is 42.5 Å². The minimum absolute atomic E-state index is 0.149. The van der Waals surface area contributed by atoms with Gasteiger partial charge in [-0.1, -0.05) is 49.6 Å². The minimum Gasteiger partial charge on any atom is -0.368 e. The fraction of sp³-hybridized carbons (Fsp3) is 0.190. The van der Waals surface area contributed by atoms with Crippen LogP contribution in [0.4, 0.5) is 5.82 Å². The predicted molar refractivity (Wildman–Crippen MR) is 106 cm³/mol. The second kappa shape index (κ2) is 7.55. The monoisotopic (exact) mass is 362 g/mol. The van der Waals surface area contributed by atoms with Gasteiger partial charge in [0.15, 0.2) is 0 Å². The molecule has 2 heterocycles. The maximum atomic E-state index is 6.33. The minimum atomic E-state index is -0.149. The van der Waals surface area contributed by atoms with Crippen LogP contribution in [0.25, 0.3) is 11.3 Å². The molecule has 0 amide bonds. The molecule has 2 aromatic heterocycles. The zero-order valence-corrected chi connectivity index (χ0v) is 15.5. The normalized spacial score (nSPS) is 11.0. The molecule has 0 saturated carbocycles. The predicted octanol–water partition coefficient (Wildman–Crippen LogP) is 4.56. The van der Waals surface area contributed by atoms with E-state index in [9.17, 15) is 0 Å². The molecule has 0 bridgehead atoms.